The summed E-state index contributed by atoms with van der Waals surface area (Å²) in [7, 11) is 0. The van der Waals surface area contributed by atoms with Crippen molar-refractivity contribution in [2.75, 3.05) is 0 Å². The number of halogens is 1. The lowest BCUT2D eigenvalue weighted by atomic mass is 9.96. The van der Waals surface area contributed by atoms with E-state index in [0.29, 0.717) is 22.1 Å². The quantitative estimate of drug-likeness (QED) is 0.699. The minimum Gasteiger partial charge on any atom is -0.289 e. The number of carbonyl (C=O) groups excluding carboxylic acids is 1. The van der Waals surface area contributed by atoms with Gasteiger partial charge in [-0.05, 0) is 48.6 Å². The maximum absolute atomic E-state index is 12.5. The summed E-state index contributed by atoms with van der Waals surface area (Å²) in [5.74, 6) is 0.442. The highest BCUT2D eigenvalue weighted by Crippen LogP contribution is 2.24. The summed E-state index contributed by atoms with van der Waals surface area (Å²) in [6, 6.07) is 11.5. The summed E-state index contributed by atoms with van der Waals surface area (Å²) in [6.07, 6.45) is 0. The molecule has 2 aromatic carbocycles. The van der Waals surface area contributed by atoms with Crippen LogP contribution in [-0.2, 0) is 0 Å². The van der Waals surface area contributed by atoms with E-state index in [2.05, 4.69) is 13.8 Å². The largest absolute Gasteiger partial charge is 0.289 e. The first-order valence-electron chi connectivity index (χ1n) is 6.81. The number of hydrogen-bond acceptors (Lipinski definition) is 1. The molecule has 1 nitrogen and oxygen atoms in total. The van der Waals surface area contributed by atoms with Crippen molar-refractivity contribution in [2.45, 2.75) is 33.6 Å². The fourth-order valence-corrected chi connectivity index (χ4v) is 2.43. The predicted octanol–water partition coefficient (Wildman–Crippen LogP) is 5.31. The van der Waals surface area contributed by atoms with Gasteiger partial charge in [-0.15, -0.1) is 0 Å². The summed E-state index contributed by atoms with van der Waals surface area (Å²) in [4.78, 5) is 12.5. The number of carbonyl (C=O) groups is 1. The molecule has 2 aromatic rings. The fourth-order valence-electron chi connectivity index (χ4n) is 2.13. The van der Waals surface area contributed by atoms with Crippen LogP contribution < -0.4 is 0 Å². The van der Waals surface area contributed by atoms with E-state index in [0.717, 1.165) is 11.1 Å². The van der Waals surface area contributed by atoms with Crippen molar-refractivity contribution in [1.29, 1.82) is 0 Å². The van der Waals surface area contributed by atoms with E-state index in [9.17, 15) is 4.79 Å². The summed E-state index contributed by atoms with van der Waals surface area (Å²) in [5, 5.41) is 0.519. The maximum Gasteiger partial charge on any atom is 0.194 e. The standard InChI is InChI=1S/C18H19ClO/c1-11(2)14-5-7-15(8-6-14)18(20)16-9-12(3)13(4)10-17(16)19/h5-11H,1-4H3. The van der Waals surface area contributed by atoms with Crippen LogP contribution in [0.25, 0.3) is 0 Å². The van der Waals surface area contributed by atoms with Gasteiger partial charge in [0.05, 0.1) is 5.02 Å². The van der Waals surface area contributed by atoms with Crippen LogP contribution in [0.1, 0.15) is 52.4 Å². The van der Waals surface area contributed by atoms with Gasteiger partial charge in [0.15, 0.2) is 5.78 Å². The van der Waals surface area contributed by atoms with Gasteiger partial charge in [-0.25, -0.2) is 0 Å². The van der Waals surface area contributed by atoms with Gasteiger partial charge in [0.25, 0.3) is 0 Å². The van der Waals surface area contributed by atoms with Crippen LogP contribution in [0.5, 0.6) is 0 Å². The molecule has 0 saturated carbocycles. The van der Waals surface area contributed by atoms with Crippen LogP contribution in [0.3, 0.4) is 0 Å². The molecule has 2 heteroatoms. The Kier molecular flexibility index (Phi) is 4.29. The summed E-state index contributed by atoms with van der Waals surface area (Å²) in [5.41, 5.74) is 4.66. The molecule has 0 saturated heterocycles. The highest BCUT2D eigenvalue weighted by Gasteiger charge is 2.14. The minimum atomic E-state index is -0.0200. The molecule has 0 heterocycles. The van der Waals surface area contributed by atoms with Gasteiger partial charge in [0.1, 0.15) is 0 Å². The molecule has 0 fully saturated rings. The topological polar surface area (TPSA) is 17.1 Å². The van der Waals surface area contributed by atoms with Gasteiger partial charge < -0.3 is 0 Å². The fraction of sp³-hybridized carbons (Fsp3) is 0.278. The van der Waals surface area contributed by atoms with Gasteiger partial charge in [-0.3, -0.25) is 4.79 Å². The third-order valence-corrected chi connectivity index (χ3v) is 3.98. The molecule has 0 aromatic heterocycles. The van der Waals surface area contributed by atoms with Crippen LogP contribution in [0.2, 0.25) is 5.02 Å². The second-order valence-corrected chi connectivity index (χ2v) is 5.93. The molecule has 0 radical (unpaired) electrons. The van der Waals surface area contributed by atoms with Crippen molar-refractivity contribution in [2.24, 2.45) is 0 Å². The second-order valence-electron chi connectivity index (χ2n) is 5.52. The molecular weight excluding hydrogens is 268 g/mol. The predicted molar refractivity (Wildman–Crippen MR) is 84.9 cm³/mol. The third-order valence-electron chi connectivity index (χ3n) is 3.67. The lowest BCUT2D eigenvalue weighted by Crippen LogP contribution is -2.04. The van der Waals surface area contributed by atoms with Crippen molar-refractivity contribution in [3.05, 3.63) is 69.2 Å². The number of rotatable bonds is 3. The third kappa shape index (κ3) is 2.94. The zero-order chi connectivity index (χ0) is 14.9. The van der Waals surface area contributed by atoms with E-state index in [1.54, 1.807) is 0 Å². The Morgan fingerprint density at radius 3 is 2.10 bits per heavy atom. The van der Waals surface area contributed by atoms with Crippen molar-refractivity contribution in [3.8, 4) is 0 Å². The van der Waals surface area contributed by atoms with E-state index < -0.39 is 0 Å². The average molecular weight is 287 g/mol. The van der Waals surface area contributed by atoms with E-state index in [4.69, 9.17) is 11.6 Å². The smallest absolute Gasteiger partial charge is 0.194 e. The van der Waals surface area contributed by atoms with E-state index in [-0.39, 0.29) is 5.78 Å². The normalized spacial score (nSPS) is 10.9. The second kappa shape index (κ2) is 5.80. The molecule has 0 aliphatic rings. The Labute approximate surface area is 125 Å². The molecule has 0 aliphatic heterocycles. The van der Waals surface area contributed by atoms with E-state index in [1.807, 2.05) is 50.2 Å². The van der Waals surface area contributed by atoms with Crippen molar-refractivity contribution >= 4 is 17.4 Å². The van der Waals surface area contributed by atoms with Crippen molar-refractivity contribution in [3.63, 3.8) is 0 Å². The Balaban J connectivity index is 2.38. The molecule has 20 heavy (non-hydrogen) atoms. The molecule has 0 atom stereocenters. The summed E-state index contributed by atoms with van der Waals surface area (Å²) < 4.78 is 0. The first-order valence-corrected chi connectivity index (χ1v) is 7.19. The average Bonchev–Trinajstić information content (AvgIpc) is 2.42. The molecule has 104 valence electrons. The Morgan fingerprint density at radius 2 is 1.55 bits per heavy atom. The van der Waals surface area contributed by atoms with Gasteiger partial charge in [-0.1, -0.05) is 49.7 Å². The minimum absolute atomic E-state index is 0.0200. The van der Waals surface area contributed by atoms with E-state index >= 15 is 0 Å². The molecule has 0 aliphatic carbocycles. The van der Waals surface area contributed by atoms with Gasteiger partial charge in [-0.2, -0.15) is 0 Å². The Bertz CT molecular complexity index is 639. The van der Waals surface area contributed by atoms with Gasteiger partial charge >= 0.3 is 0 Å². The zero-order valence-electron chi connectivity index (χ0n) is 12.3. The molecular formula is C18H19ClO. The number of hydrogen-bond donors (Lipinski definition) is 0. The maximum atomic E-state index is 12.5. The molecule has 0 amide bonds. The molecule has 0 N–H and O–H groups in total. The Hall–Kier alpha value is -1.60. The molecule has 0 unspecified atom stereocenters. The van der Waals surface area contributed by atoms with Gasteiger partial charge in [0.2, 0.25) is 0 Å². The molecule has 0 bridgehead atoms. The summed E-state index contributed by atoms with van der Waals surface area (Å²) >= 11 is 6.21. The first-order chi connectivity index (χ1) is 9.40. The van der Waals surface area contributed by atoms with Gasteiger partial charge in [0, 0.05) is 11.1 Å². The van der Waals surface area contributed by atoms with E-state index in [1.165, 1.54) is 5.56 Å². The Morgan fingerprint density at radius 1 is 1.00 bits per heavy atom. The molecule has 0 spiro atoms. The van der Waals surface area contributed by atoms with Crippen LogP contribution >= 0.6 is 11.6 Å². The van der Waals surface area contributed by atoms with Crippen LogP contribution in [0, 0.1) is 13.8 Å². The first kappa shape index (κ1) is 14.8. The number of benzene rings is 2. The zero-order valence-corrected chi connectivity index (χ0v) is 13.1. The molecule has 2 rings (SSSR count). The van der Waals surface area contributed by atoms with Crippen molar-refractivity contribution < 1.29 is 4.79 Å². The lowest BCUT2D eigenvalue weighted by Gasteiger charge is -2.09. The van der Waals surface area contributed by atoms with Crippen molar-refractivity contribution in [1.82, 2.24) is 0 Å². The summed E-state index contributed by atoms with van der Waals surface area (Å²) in [6.45, 7) is 8.26. The SMILES string of the molecule is Cc1cc(Cl)c(C(=O)c2ccc(C(C)C)cc2)cc1C. The number of ketones is 1. The van der Waals surface area contributed by atoms with Crippen LogP contribution in [0.4, 0.5) is 0 Å². The lowest BCUT2D eigenvalue weighted by molar-refractivity contribution is 0.103. The number of aryl methyl sites for hydroxylation is 2. The highest BCUT2D eigenvalue weighted by atomic mass is 35.5. The van der Waals surface area contributed by atoms with Crippen LogP contribution in [0.15, 0.2) is 36.4 Å². The van der Waals surface area contributed by atoms with Crippen LogP contribution in [-0.4, -0.2) is 5.78 Å². The highest BCUT2D eigenvalue weighted by molar-refractivity contribution is 6.35. The monoisotopic (exact) mass is 286 g/mol.